The second kappa shape index (κ2) is 9.15. The van der Waals surface area contributed by atoms with Crippen LogP contribution >= 0.6 is 0 Å². The van der Waals surface area contributed by atoms with Crippen LogP contribution in [0.15, 0.2) is 84.9 Å². The van der Waals surface area contributed by atoms with Crippen molar-refractivity contribution in [1.29, 1.82) is 0 Å². The lowest BCUT2D eigenvalue weighted by molar-refractivity contribution is -0.116. The number of hydrogen-bond donors (Lipinski definition) is 1. The molecule has 0 atom stereocenters. The van der Waals surface area contributed by atoms with Crippen LogP contribution in [0, 0.1) is 0 Å². The Balaban J connectivity index is 1.42. The van der Waals surface area contributed by atoms with Crippen molar-refractivity contribution in [3.05, 3.63) is 102 Å². The molecular weight excluding hydrogens is 394 g/mol. The Bertz CT molecular complexity index is 1240. The predicted molar refractivity (Wildman–Crippen MR) is 128 cm³/mol. The van der Waals surface area contributed by atoms with Crippen molar-refractivity contribution < 1.29 is 4.79 Å². The summed E-state index contributed by atoms with van der Waals surface area (Å²) < 4.78 is 0. The van der Waals surface area contributed by atoms with E-state index >= 15 is 0 Å². The molecule has 0 saturated carbocycles. The number of benzene rings is 3. The molecule has 4 aromatic rings. The molecule has 1 aromatic heterocycles. The van der Waals surface area contributed by atoms with Crippen LogP contribution in [0.25, 0.3) is 22.5 Å². The number of anilines is 1. The molecule has 4 nitrogen and oxygen atoms in total. The first-order valence-corrected chi connectivity index (χ1v) is 11.2. The van der Waals surface area contributed by atoms with Crippen molar-refractivity contribution >= 4 is 11.7 Å². The van der Waals surface area contributed by atoms with Gasteiger partial charge in [0.25, 0.3) is 0 Å². The van der Waals surface area contributed by atoms with E-state index in [0.29, 0.717) is 12.2 Å². The van der Waals surface area contributed by atoms with E-state index in [0.717, 1.165) is 53.9 Å². The van der Waals surface area contributed by atoms with Gasteiger partial charge in [0, 0.05) is 17.5 Å². The van der Waals surface area contributed by atoms with Crippen LogP contribution in [0.2, 0.25) is 0 Å². The fourth-order valence-electron chi connectivity index (χ4n) is 4.26. The van der Waals surface area contributed by atoms with Gasteiger partial charge in [-0.15, -0.1) is 0 Å². The highest BCUT2D eigenvalue weighted by molar-refractivity contribution is 5.93. The van der Waals surface area contributed by atoms with Gasteiger partial charge in [0.05, 0.1) is 11.4 Å². The first kappa shape index (κ1) is 20.1. The van der Waals surface area contributed by atoms with E-state index in [1.807, 2.05) is 54.6 Å². The zero-order valence-corrected chi connectivity index (χ0v) is 17.9. The van der Waals surface area contributed by atoms with Crippen LogP contribution in [0.3, 0.4) is 0 Å². The second-order valence-electron chi connectivity index (χ2n) is 8.13. The molecular formula is C28H25N3O. The van der Waals surface area contributed by atoms with E-state index in [1.54, 1.807) is 0 Å². The maximum Gasteiger partial charge on any atom is 0.225 e. The molecule has 1 aliphatic carbocycles. The molecule has 1 N–H and O–H groups in total. The van der Waals surface area contributed by atoms with Gasteiger partial charge in [-0.05, 0) is 36.8 Å². The van der Waals surface area contributed by atoms with Crippen LogP contribution in [0.1, 0.15) is 29.7 Å². The van der Waals surface area contributed by atoms with Crippen molar-refractivity contribution in [2.45, 2.75) is 32.1 Å². The monoisotopic (exact) mass is 419 g/mol. The maximum absolute atomic E-state index is 12.8. The van der Waals surface area contributed by atoms with Gasteiger partial charge in [0.1, 0.15) is 5.69 Å². The molecule has 4 heteroatoms. The van der Waals surface area contributed by atoms with Crippen molar-refractivity contribution in [3.63, 3.8) is 0 Å². The topological polar surface area (TPSA) is 54.9 Å². The molecule has 0 saturated heterocycles. The van der Waals surface area contributed by atoms with Crippen LogP contribution in [-0.4, -0.2) is 15.9 Å². The summed E-state index contributed by atoms with van der Waals surface area (Å²) in [5.41, 5.74) is 7.22. The molecule has 1 aliphatic rings. The van der Waals surface area contributed by atoms with Crippen LogP contribution < -0.4 is 5.32 Å². The largest absolute Gasteiger partial charge is 0.309 e. The normalized spacial score (nSPS) is 12.0. The van der Waals surface area contributed by atoms with Crippen LogP contribution in [-0.2, 0) is 24.1 Å². The number of aromatic nitrogens is 2. The minimum absolute atomic E-state index is 0.0245. The number of amides is 1. The standard InChI is InChI=1S/C28H25N3O/c32-25(17-9-12-20-10-3-1-4-11-20)30-28-26(22-14-5-2-6-15-22)31-27-23-16-8-7-13-21(23)18-19-24(27)29-28/h1-8,10-11,13-16H,9,12,17-19H2,(H,29,30,32). The third-order valence-electron chi connectivity index (χ3n) is 5.89. The average Bonchev–Trinajstić information content (AvgIpc) is 2.85. The van der Waals surface area contributed by atoms with Gasteiger partial charge in [-0.1, -0.05) is 84.9 Å². The van der Waals surface area contributed by atoms with E-state index in [9.17, 15) is 4.79 Å². The summed E-state index contributed by atoms with van der Waals surface area (Å²) in [5, 5.41) is 3.06. The highest BCUT2D eigenvalue weighted by Crippen LogP contribution is 2.35. The Kier molecular flexibility index (Phi) is 5.75. The Labute approximate surface area is 188 Å². The average molecular weight is 420 g/mol. The third kappa shape index (κ3) is 4.30. The molecule has 0 radical (unpaired) electrons. The van der Waals surface area contributed by atoms with Crippen molar-refractivity contribution in [2.75, 3.05) is 5.32 Å². The summed E-state index contributed by atoms with van der Waals surface area (Å²) in [6.07, 6.45) is 3.89. The number of hydrogen-bond acceptors (Lipinski definition) is 3. The third-order valence-corrected chi connectivity index (χ3v) is 5.89. The first-order valence-electron chi connectivity index (χ1n) is 11.2. The molecule has 32 heavy (non-hydrogen) atoms. The molecule has 158 valence electrons. The Morgan fingerprint density at radius 1 is 0.781 bits per heavy atom. The molecule has 0 unspecified atom stereocenters. The fraction of sp³-hybridized carbons (Fsp3) is 0.179. The molecule has 3 aromatic carbocycles. The zero-order chi connectivity index (χ0) is 21.8. The van der Waals surface area contributed by atoms with Gasteiger partial charge in [-0.25, -0.2) is 9.97 Å². The molecule has 0 fully saturated rings. The smallest absolute Gasteiger partial charge is 0.225 e. The van der Waals surface area contributed by atoms with Crippen LogP contribution in [0.5, 0.6) is 0 Å². The molecule has 0 bridgehead atoms. The Morgan fingerprint density at radius 2 is 1.50 bits per heavy atom. The molecule has 1 amide bonds. The summed E-state index contributed by atoms with van der Waals surface area (Å²) in [5.74, 6) is 0.530. The van der Waals surface area contributed by atoms with E-state index in [1.165, 1.54) is 11.1 Å². The minimum Gasteiger partial charge on any atom is -0.309 e. The number of fused-ring (bicyclic) bond motifs is 3. The number of aryl methyl sites for hydroxylation is 3. The Morgan fingerprint density at radius 3 is 2.31 bits per heavy atom. The van der Waals surface area contributed by atoms with E-state index in [2.05, 4.69) is 35.6 Å². The second-order valence-corrected chi connectivity index (χ2v) is 8.13. The number of carbonyl (C=O) groups is 1. The lowest BCUT2D eigenvalue weighted by atomic mass is 9.91. The van der Waals surface area contributed by atoms with Gasteiger partial charge in [-0.3, -0.25) is 4.79 Å². The highest BCUT2D eigenvalue weighted by atomic mass is 16.1. The number of nitrogens with one attached hydrogen (secondary N) is 1. The number of carbonyl (C=O) groups excluding carboxylic acids is 1. The molecule has 1 heterocycles. The summed E-state index contributed by atoms with van der Waals surface area (Å²) in [4.78, 5) is 22.7. The van der Waals surface area contributed by atoms with Gasteiger partial charge >= 0.3 is 0 Å². The van der Waals surface area contributed by atoms with Crippen molar-refractivity contribution in [2.24, 2.45) is 0 Å². The Hall–Kier alpha value is -3.79. The lowest BCUT2D eigenvalue weighted by Crippen LogP contribution is -2.17. The zero-order valence-electron chi connectivity index (χ0n) is 17.9. The van der Waals surface area contributed by atoms with Gasteiger partial charge < -0.3 is 5.32 Å². The van der Waals surface area contributed by atoms with Crippen molar-refractivity contribution in [3.8, 4) is 22.5 Å². The lowest BCUT2D eigenvalue weighted by Gasteiger charge is -2.21. The van der Waals surface area contributed by atoms with Crippen molar-refractivity contribution in [1.82, 2.24) is 9.97 Å². The maximum atomic E-state index is 12.8. The summed E-state index contributed by atoms with van der Waals surface area (Å²) in [7, 11) is 0. The number of nitrogens with zero attached hydrogens (tertiary/aromatic N) is 2. The quantitative estimate of drug-likeness (QED) is 0.425. The first-order chi connectivity index (χ1) is 15.8. The minimum atomic E-state index is -0.0245. The molecule has 0 aliphatic heterocycles. The highest BCUT2D eigenvalue weighted by Gasteiger charge is 2.22. The van der Waals surface area contributed by atoms with Gasteiger partial charge in [0.15, 0.2) is 5.82 Å². The summed E-state index contributed by atoms with van der Waals surface area (Å²) in [6.45, 7) is 0. The molecule has 5 rings (SSSR count). The fourth-order valence-corrected chi connectivity index (χ4v) is 4.26. The van der Waals surface area contributed by atoms with E-state index < -0.39 is 0 Å². The summed E-state index contributed by atoms with van der Waals surface area (Å²) >= 11 is 0. The summed E-state index contributed by atoms with van der Waals surface area (Å²) in [6, 6.07) is 28.6. The molecule has 0 spiro atoms. The van der Waals surface area contributed by atoms with Gasteiger partial charge in [-0.2, -0.15) is 0 Å². The number of rotatable bonds is 6. The van der Waals surface area contributed by atoms with E-state index in [-0.39, 0.29) is 5.91 Å². The van der Waals surface area contributed by atoms with E-state index in [4.69, 9.17) is 9.97 Å². The predicted octanol–water partition coefficient (Wildman–Crippen LogP) is 5.87. The van der Waals surface area contributed by atoms with Gasteiger partial charge in [0.2, 0.25) is 5.91 Å². The SMILES string of the molecule is O=C(CCCc1ccccc1)Nc1nc2c(nc1-c1ccccc1)-c1ccccc1CC2. The van der Waals surface area contributed by atoms with Crippen LogP contribution in [0.4, 0.5) is 5.82 Å².